The van der Waals surface area contributed by atoms with E-state index in [1.807, 2.05) is 57.2 Å². The summed E-state index contributed by atoms with van der Waals surface area (Å²) in [5.74, 6) is -0.752. The fourth-order valence-corrected chi connectivity index (χ4v) is 5.64. The average Bonchev–Trinajstić information content (AvgIpc) is 2.92. The molecule has 7 nitrogen and oxygen atoms in total. The predicted octanol–water partition coefficient (Wildman–Crippen LogP) is 5.14. The molecule has 0 aromatic heterocycles. The first-order valence-electron chi connectivity index (χ1n) is 13.0. The molecular weight excluding hydrogens is 534 g/mol. The summed E-state index contributed by atoms with van der Waals surface area (Å²) in [7, 11) is -4.13. The summed E-state index contributed by atoms with van der Waals surface area (Å²) < 4.78 is 28.8. The number of sulfonamides is 1. The summed E-state index contributed by atoms with van der Waals surface area (Å²) in [6.07, 6.45) is 1.28. The monoisotopic (exact) mass is 569 g/mol. The van der Waals surface area contributed by atoms with Gasteiger partial charge in [0.1, 0.15) is 12.6 Å². The van der Waals surface area contributed by atoms with E-state index in [4.69, 9.17) is 11.6 Å². The van der Waals surface area contributed by atoms with Crippen LogP contribution in [0.15, 0.2) is 77.7 Å². The van der Waals surface area contributed by atoms with Gasteiger partial charge in [0.2, 0.25) is 11.8 Å². The Balaban J connectivity index is 1.99. The molecule has 0 aliphatic heterocycles. The Kier molecular flexibility index (Phi) is 10.5. The molecule has 0 aliphatic carbocycles. The average molecular weight is 570 g/mol. The Morgan fingerprint density at radius 3 is 2.23 bits per heavy atom. The van der Waals surface area contributed by atoms with Gasteiger partial charge >= 0.3 is 0 Å². The molecule has 3 rings (SSSR count). The van der Waals surface area contributed by atoms with E-state index < -0.39 is 28.5 Å². The number of halogens is 1. The van der Waals surface area contributed by atoms with Crippen molar-refractivity contribution in [1.82, 2.24) is 10.2 Å². The van der Waals surface area contributed by atoms with E-state index in [1.54, 1.807) is 19.1 Å². The van der Waals surface area contributed by atoms with Crippen molar-refractivity contribution < 1.29 is 18.0 Å². The minimum Gasteiger partial charge on any atom is -0.354 e. The number of aryl methyl sites for hydroxylation is 2. The second-order valence-corrected chi connectivity index (χ2v) is 11.8. The first-order chi connectivity index (χ1) is 18.5. The van der Waals surface area contributed by atoms with Crippen LogP contribution in [0.2, 0.25) is 5.02 Å². The number of benzene rings is 3. The summed E-state index contributed by atoms with van der Waals surface area (Å²) >= 11 is 6.00. The number of carbonyl (C=O) groups excluding carboxylic acids is 2. The Labute approximate surface area is 236 Å². The van der Waals surface area contributed by atoms with E-state index in [0.29, 0.717) is 23.7 Å². The van der Waals surface area contributed by atoms with Crippen LogP contribution >= 0.6 is 11.6 Å². The molecule has 0 saturated heterocycles. The number of hydrogen-bond acceptors (Lipinski definition) is 4. The van der Waals surface area contributed by atoms with Crippen LogP contribution < -0.4 is 9.62 Å². The minimum atomic E-state index is -4.13. The Morgan fingerprint density at radius 2 is 1.62 bits per heavy atom. The molecule has 1 N–H and O–H groups in total. The van der Waals surface area contributed by atoms with Crippen molar-refractivity contribution in [2.75, 3.05) is 23.9 Å². The van der Waals surface area contributed by atoms with Crippen LogP contribution in [0.1, 0.15) is 37.0 Å². The molecule has 9 heteroatoms. The van der Waals surface area contributed by atoms with Gasteiger partial charge in [0, 0.05) is 18.1 Å². The normalized spacial score (nSPS) is 12.0. The first-order valence-corrected chi connectivity index (χ1v) is 14.8. The van der Waals surface area contributed by atoms with Crippen molar-refractivity contribution in [2.24, 2.45) is 0 Å². The van der Waals surface area contributed by atoms with Crippen LogP contribution in [0.5, 0.6) is 0 Å². The van der Waals surface area contributed by atoms with E-state index in [0.717, 1.165) is 27.4 Å². The van der Waals surface area contributed by atoms with Gasteiger partial charge in [-0.15, -0.1) is 0 Å². The fourth-order valence-electron chi connectivity index (χ4n) is 4.11. The van der Waals surface area contributed by atoms with Crippen molar-refractivity contribution in [2.45, 2.75) is 51.5 Å². The third-order valence-corrected chi connectivity index (χ3v) is 8.70. The summed E-state index contributed by atoms with van der Waals surface area (Å²) in [5, 5.41) is 3.25. The van der Waals surface area contributed by atoms with Crippen LogP contribution in [0.25, 0.3) is 0 Å². The highest BCUT2D eigenvalue weighted by Gasteiger charge is 2.32. The van der Waals surface area contributed by atoms with Crippen molar-refractivity contribution in [3.05, 3.63) is 94.5 Å². The molecule has 0 unspecified atom stereocenters. The van der Waals surface area contributed by atoms with Crippen molar-refractivity contribution >= 4 is 39.1 Å². The molecule has 0 bridgehead atoms. The maximum absolute atomic E-state index is 13.9. The van der Waals surface area contributed by atoms with Gasteiger partial charge in [-0.1, -0.05) is 54.9 Å². The lowest BCUT2D eigenvalue weighted by atomic mass is 10.1. The van der Waals surface area contributed by atoms with Crippen LogP contribution in [0, 0.1) is 13.8 Å². The van der Waals surface area contributed by atoms with Crippen LogP contribution in [-0.4, -0.2) is 50.8 Å². The number of amides is 2. The lowest BCUT2D eigenvalue weighted by Crippen LogP contribution is -2.52. The number of hydrogen-bond donors (Lipinski definition) is 1. The molecule has 0 saturated carbocycles. The standard InChI is InChI=1S/C30H36ClN3O4S/c1-5-18-32-30(36)24(4)33(19-17-25-9-7-6-8-10-25)29(35)21-34(27-14-11-22(2)23(3)20-27)39(37,38)28-15-12-26(31)13-16-28/h6-16,20,24H,5,17-19,21H2,1-4H3,(H,32,36)/t24-/m1/s1. The lowest BCUT2D eigenvalue weighted by molar-refractivity contribution is -0.138. The first kappa shape index (κ1) is 30.2. The van der Waals surface area contributed by atoms with Gasteiger partial charge in [-0.25, -0.2) is 8.42 Å². The van der Waals surface area contributed by atoms with E-state index in [2.05, 4.69) is 5.32 Å². The van der Waals surface area contributed by atoms with Gasteiger partial charge < -0.3 is 10.2 Å². The van der Waals surface area contributed by atoms with Crippen LogP contribution in [-0.2, 0) is 26.0 Å². The van der Waals surface area contributed by atoms with Crippen molar-refractivity contribution in [1.29, 1.82) is 0 Å². The number of anilines is 1. The molecule has 2 amide bonds. The Morgan fingerprint density at radius 1 is 0.949 bits per heavy atom. The second-order valence-electron chi connectivity index (χ2n) is 9.52. The molecule has 0 aliphatic rings. The van der Waals surface area contributed by atoms with E-state index in [1.165, 1.54) is 29.2 Å². The zero-order chi connectivity index (χ0) is 28.6. The number of carbonyl (C=O) groups is 2. The molecule has 0 fully saturated rings. The topological polar surface area (TPSA) is 86.8 Å². The van der Waals surface area contributed by atoms with E-state index in [-0.39, 0.29) is 17.3 Å². The number of nitrogens with zero attached hydrogens (tertiary/aromatic N) is 2. The van der Waals surface area contributed by atoms with Gasteiger partial charge in [0.05, 0.1) is 10.6 Å². The van der Waals surface area contributed by atoms with Crippen molar-refractivity contribution in [3.63, 3.8) is 0 Å². The van der Waals surface area contributed by atoms with Gasteiger partial charge in [-0.2, -0.15) is 0 Å². The summed E-state index contributed by atoms with van der Waals surface area (Å²) in [4.78, 5) is 28.2. The molecule has 39 heavy (non-hydrogen) atoms. The van der Waals surface area contributed by atoms with Crippen LogP contribution in [0.4, 0.5) is 5.69 Å². The molecule has 208 valence electrons. The molecule has 1 atom stereocenters. The number of rotatable bonds is 12. The zero-order valence-corrected chi connectivity index (χ0v) is 24.4. The predicted molar refractivity (Wildman–Crippen MR) is 157 cm³/mol. The van der Waals surface area contributed by atoms with Gasteiger partial charge in [0.25, 0.3) is 10.0 Å². The smallest absolute Gasteiger partial charge is 0.264 e. The minimum absolute atomic E-state index is 0.0162. The Bertz CT molecular complexity index is 1380. The fraction of sp³-hybridized carbons (Fsp3) is 0.333. The van der Waals surface area contributed by atoms with Gasteiger partial charge in [-0.3, -0.25) is 13.9 Å². The third kappa shape index (κ3) is 7.83. The molecule has 0 spiro atoms. The maximum atomic E-state index is 13.9. The molecular formula is C30H36ClN3O4S. The second kappa shape index (κ2) is 13.6. The van der Waals surface area contributed by atoms with Crippen LogP contribution in [0.3, 0.4) is 0 Å². The van der Waals surface area contributed by atoms with Gasteiger partial charge in [-0.05, 0) is 86.7 Å². The quantitative estimate of drug-likeness (QED) is 0.327. The summed E-state index contributed by atoms with van der Waals surface area (Å²) in [6.45, 7) is 7.72. The summed E-state index contributed by atoms with van der Waals surface area (Å²) in [5.41, 5.74) is 3.27. The van der Waals surface area contributed by atoms with Crippen molar-refractivity contribution in [3.8, 4) is 0 Å². The van der Waals surface area contributed by atoms with E-state index >= 15 is 0 Å². The van der Waals surface area contributed by atoms with E-state index in [9.17, 15) is 18.0 Å². The highest BCUT2D eigenvalue weighted by Crippen LogP contribution is 2.27. The van der Waals surface area contributed by atoms with Gasteiger partial charge in [0.15, 0.2) is 0 Å². The Hall–Kier alpha value is -3.36. The highest BCUT2D eigenvalue weighted by molar-refractivity contribution is 7.92. The molecule has 0 radical (unpaired) electrons. The zero-order valence-electron chi connectivity index (χ0n) is 22.9. The molecule has 3 aromatic carbocycles. The lowest BCUT2D eigenvalue weighted by Gasteiger charge is -2.32. The molecule has 0 heterocycles. The maximum Gasteiger partial charge on any atom is 0.264 e. The third-order valence-electron chi connectivity index (χ3n) is 6.66. The SMILES string of the molecule is CCCNC(=O)[C@@H](C)N(CCc1ccccc1)C(=O)CN(c1ccc(C)c(C)c1)S(=O)(=O)c1ccc(Cl)cc1. The summed E-state index contributed by atoms with van der Waals surface area (Å²) in [6, 6.07) is 20.0. The molecule has 3 aromatic rings. The largest absolute Gasteiger partial charge is 0.354 e. The number of nitrogens with one attached hydrogen (secondary N) is 1. The highest BCUT2D eigenvalue weighted by atomic mass is 35.5.